The average molecular weight is 530 g/mol. The van der Waals surface area contributed by atoms with Gasteiger partial charge in [0.15, 0.2) is 5.78 Å². The van der Waals surface area contributed by atoms with Gasteiger partial charge < -0.3 is 10.6 Å². The molecule has 190 valence electrons. The summed E-state index contributed by atoms with van der Waals surface area (Å²) in [4.78, 5) is 33.1. The van der Waals surface area contributed by atoms with Crippen LogP contribution in [0.1, 0.15) is 61.5 Å². The number of thioether (sulfide) groups is 1. The summed E-state index contributed by atoms with van der Waals surface area (Å²) in [5.41, 5.74) is 5.97. The molecule has 0 spiro atoms. The first-order valence-electron chi connectivity index (χ1n) is 12.8. The van der Waals surface area contributed by atoms with E-state index in [1.54, 1.807) is 41.6 Å². The third-order valence-corrected chi connectivity index (χ3v) is 9.45. The average Bonchev–Trinajstić information content (AvgIpc) is 3.31. The van der Waals surface area contributed by atoms with Gasteiger partial charge in [0.2, 0.25) is 0 Å². The second kappa shape index (κ2) is 11.1. The Morgan fingerprint density at radius 1 is 1.16 bits per heavy atom. The first-order chi connectivity index (χ1) is 18.0. The van der Waals surface area contributed by atoms with Crippen LogP contribution in [0.3, 0.4) is 0 Å². The number of rotatable bonds is 7. The zero-order valence-corrected chi connectivity index (χ0v) is 23.0. The molecule has 0 unspecified atom stereocenters. The van der Waals surface area contributed by atoms with Crippen LogP contribution in [0.15, 0.2) is 87.7 Å². The SMILES string of the molecule is CCSc1sc(CC)cc1[C@H]1C(C(=O)Nc2cccnc2)=C(C)NC2=C1C(=O)C[C@H](c1ccccc1)C2. The molecule has 0 radical (unpaired) electrons. The Labute approximate surface area is 226 Å². The van der Waals surface area contributed by atoms with E-state index in [-0.39, 0.29) is 17.6 Å². The minimum absolute atomic E-state index is 0.114. The van der Waals surface area contributed by atoms with Crippen LogP contribution in [0, 0.1) is 0 Å². The Hall–Kier alpha value is -3.16. The van der Waals surface area contributed by atoms with Crippen molar-refractivity contribution < 1.29 is 9.59 Å². The van der Waals surface area contributed by atoms with Gasteiger partial charge in [-0.25, -0.2) is 0 Å². The molecule has 2 atom stereocenters. The van der Waals surface area contributed by atoms with Crippen LogP contribution >= 0.6 is 23.1 Å². The zero-order chi connectivity index (χ0) is 25.9. The van der Waals surface area contributed by atoms with Gasteiger partial charge in [0, 0.05) is 46.0 Å². The number of anilines is 1. The lowest BCUT2D eigenvalue weighted by Gasteiger charge is -2.37. The number of nitrogens with one attached hydrogen (secondary N) is 2. The van der Waals surface area contributed by atoms with Crippen LogP contribution in [0.25, 0.3) is 0 Å². The number of aromatic nitrogens is 1. The number of ketones is 1. The molecule has 3 heterocycles. The molecule has 1 aromatic carbocycles. The molecule has 1 aliphatic heterocycles. The number of carbonyl (C=O) groups is 2. The lowest BCUT2D eigenvalue weighted by molar-refractivity contribution is -0.116. The predicted molar refractivity (Wildman–Crippen MR) is 152 cm³/mol. The molecule has 37 heavy (non-hydrogen) atoms. The number of allylic oxidation sites excluding steroid dienone is 3. The Kier molecular flexibility index (Phi) is 7.63. The van der Waals surface area contributed by atoms with E-state index in [1.807, 2.05) is 31.2 Å². The standard InChI is InChI=1S/C30H31N3O2S2/c1-4-22-16-23(30(37-22)36-5-2)27-26(29(35)33-21-12-9-13-31-17-21)18(3)32-24-14-20(15-25(34)28(24)27)19-10-7-6-8-11-19/h6-13,16-17,20,27,32H,4-5,14-15H2,1-3H3,(H,33,35)/t20-,27+/m1/s1. The highest BCUT2D eigenvalue weighted by molar-refractivity contribution is 8.01. The normalized spacial score (nSPS) is 19.5. The molecule has 0 fully saturated rings. The number of aryl methyl sites for hydroxylation is 1. The molecule has 1 amide bonds. The summed E-state index contributed by atoms with van der Waals surface area (Å²) in [6.45, 7) is 6.24. The van der Waals surface area contributed by atoms with E-state index >= 15 is 0 Å². The van der Waals surface area contributed by atoms with Gasteiger partial charge in [0.05, 0.1) is 16.1 Å². The molecule has 0 bridgehead atoms. The van der Waals surface area contributed by atoms with Crippen LogP contribution in [0.5, 0.6) is 0 Å². The van der Waals surface area contributed by atoms with Crippen LogP contribution in [-0.4, -0.2) is 22.4 Å². The number of Topliss-reactive ketones (excluding diaryl/α,β-unsaturated/α-hetero) is 1. The first kappa shape index (κ1) is 25.5. The summed E-state index contributed by atoms with van der Waals surface area (Å²) in [6.07, 6.45) is 5.43. The molecule has 2 aromatic heterocycles. The zero-order valence-electron chi connectivity index (χ0n) is 21.3. The Morgan fingerprint density at radius 2 is 1.97 bits per heavy atom. The summed E-state index contributed by atoms with van der Waals surface area (Å²) in [6, 6.07) is 16.1. The Morgan fingerprint density at radius 3 is 2.68 bits per heavy atom. The highest BCUT2D eigenvalue weighted by Gasteiger charge is 2.42. The van der Waals surface area contributed by atoms with Crippen LogP contribution < -0.4 is 10.6 Å². The summed E-state index contributed by atoms with van der Waals surface area (Å²) < 4.78 is 1.19. The lowest BCUT2D eigenvalue weighted by atomic mass is 9.72. The van der Waals surface area contributed by atoms with Crippen LogP contribution in [0.4, 0.5) is 5.69 Å². The van der Waals surface area contributed by atoms with E-state index in [0.717, 1.165) is 41.1 Å². The summed E-state index contributed by atoms with van der Waals surface area (Å²) in [5, 5.41) is 6.52. The minimum atomic E-state index is -0.400. The van der Waals surface area contributed by atoms with E-state index in [2.05, 4.69) is 47.7 Å². The van der Waals surface area contributed by atoms with Gasteiger partial charge in [-0.3, -0.25) is 14.6 Å². The fourth-order valence-corrected chi connectivity index (χ4v) is 7.69. The van der Waals surface area contributed by atoms with Crippen molar-refractivity contribution in [2.24, 2.45) is 0 Å². The number of thiophene rings is 1. The third-order valence-electron chi connectivity index (χ3n) is 6.97. The number of dihydropyridines is 1. The van der Waals surface area contributed by atoms with Crippen molar-refractivity contribution in [3.05, 3.63) is 99.5 Å². The van der Waals surface area contributed by atoms with Crippen molar-refractivity contribution in [3.8, 4) is 0 Å². The maximum absolute atomic E-state index is 13.9. The second-order valence-corrected chi connectivity index (χ2v) is 12.0. The molecule has 0 saturated carbocycles. The van der Waals surface area contributed by atoms with Crippen LogP contribution in [0.2, 0.25) is 0 Å². The summed E-state index contributed by atoms with van der Waals surface area (Å²) in [5.74, 6) is 0.560. The molecular weight excluding hydrogens is 498 g/mol. The molecule has 0 saturated heterocycles. The van der Waals surface area contributed by atoms with Crippen molar-refractivity contribution >= 4 is 40.5 Å². The number of hydrogen-bond acceptors (Lipinski definition) is 6. The van der Waals surface area contributed by atoms with Gasteiger partial charge >= 0.3 is 0 Å². The molecule has 5 rings (SSSR count). The Balaban J connectivity index is 1.61. The molecule has 5 nitrogen and oxygen atoms in total. The fourth-order valence-electron chi connectivity index (χ4n) is 5.31. The minimum Gasteiger partial charge on any atom is -0.362 e. The Bertz CT molecular complexity index is 1380. The highest BCUT2D eigenvalue weighted by Crippen LogP contribution is 2.49. The molecule has 1 aliphatic carbocycles. The number of nitrogens with zero attached hydrogens (tertiary/aromatic N) is 1. The van der Waals surface area contributed by atoms with Crippen molar-refractivity contribution in [2.45, 2.75) is 56.1 Å². The largest absolute Gasteiger partial charge is 0.362 e. The van der Waals surface area contributed by atoms with Crippen molar-refractivity contribution in [1.82, 2.24) is 10.3 Å². The number of carbonyl (C=O) groups excluding carboxylic acids is 2. The van der Waals surface area contributed by atoms with E-state index in [9.17, 15) is 9.59 Å². The molecular formula is C30H31N3O2S2. The summed E-state index contributed by atoms with van der Waals surface area (Å²) in [7, 11) is 0. The topological polar surface area (TPSA) is 71.1 Å². The van der Waals surface area contributed by atoms with Gasteiger partial charge in [0.1, 0.15) is 0 Å². The van der Waals surface area contributed by atoms with Gasteiger partial charge in [-0.15, -0.1) is 23.1 Å². The van der Waals surface area contributed by atoms with Crippen molar-refractivity contribution in [3.63, 3.8) is 0 Å². The number of pyridine rings is 1. The molecule has 2 N–H and O–H groups in total. The van der Waals surface area contributed by atoms with E-state index in [4.69, 9.17) is 0 Å². The van der Waals surface area contributed by atoms with Crippen LogP contribution in [-0.2, 0) is 16.0 Å². The molecule has 7 heteroatoms. The number of hydrogen-bond donors (Lipinski definition) is 2. The molecule has 2 aliphatic rings. The van der Waals surface area contributed by atoms with Gasteiger partial charge in [-0.2, -0.15) is 0 Å². The smallest absolute Gasteiger partial charge is 0.254 e. The van der Waals surface area contributed by atoms with E-state index in [0.29, 0.717) is 17.7 Å². The first-order valence-corrected chi connectivity index (χ1v) is 14.6. The second-order valence-electron chi connectivity index (χ2n) is 9.37. The number of benzene rings is 1. The third kappa shape index (κ3) is 5.15. The van der Waals surface area contributed by atoms with Gasteiger partial charge in [0.25, 0.3) is 5.91 Å². The predicted octanol–water partition coefficient (Wildman–Crippen LogP) is 6.82. The van der Waals surface area contributed by atoms with Crippen molar-refractivity contribution in [1.29, 1.82) is 0 Å². The summed E-state index contributed by atoms with van der Waals surface area (Å²) >= 11 is 3.57. The van der Waals surface area contributed by atoms with Gasteiger partial charge in [-0.05, 0) is 60.8 Å². The maximum Gasteiger partial charge on any atom is 0.254 e. The quantitative estimate of drug-likeness (QED) is 0.329. The monoisotopic (exact) mass is 529 g/mol. The fraction of sp³-hybridized carbons (Fsp3) is 0.300. The van der Waals surface area contributed by atoms with Gasteiger partial charge in [-0.1, -0.05) is 44.2 Å². The highest BCUT2D eigenvalue weighted by atomic mass is 32.2. The number of amides is 1. The van der Waals surface area contributed by atoms with Crippen molar-refractivity contribution in [2.75, 3.05) is 11.1 Å². The maximum atomic E-state index is 13.9. The molecule has 3 aromatic rings. The lowest BCUT2D eigenvalue weighted by Crippen LogP contribution is -2.37. The van der Waals surface area contributed by atoms with E-state index < -0.39 is 5.92 Å². The van der Waals surface area contributed by atoms with E-state index in [1.165, 1.54) is 14.6 Å².